The lowest BCUT2D eigenvalue weighted by atomic mass is 9.80. The first-order valence-electron chi connectivity index (χ1n) is 9.55. The maximum Gasteiger partial charge on any atom is 0.154 e. The molecule has 1 fully saturated rings. The maximum absolute atomic E-state index is 14.2. The van der Waals surface area contributed by atoms with Crippen LogP contribution in [0.2, 0.25) is 0 Å². The van der Waals surface area contributed by atoms with Crippen molar-refractivity contribution in [1.82, 2.24) is 25.0 Å². The van der Waals surface area contributed by atoms with Gasteiger partial charge in [-0.15, -0.1) is 32.2 Å². The molecular formula is C20H23ClFN5O. The minimum Gasteiger partial charge on any atom is -0.361 e. The fraction of sp³-hybridized carbons (Fsp3) is 0.450. The molecule has 5 rings (SSSR count). The second kappa shape index (κ2) is 7.64. The smallest absolute Gasteiger partial charge is 0.154 e. The van der Waals surface area contributed by atoms with Crippen molar-refractivity contribution in [3.63, 3.8) is 0 Å². The number of aryl methyl sites for hydroxylation is 1. The molecule has 0 atom stereocenters. The van der Waals surface area contributed by atoms with Crippen LogP contribution in [0.1, 0.15) is 66.2 Å². The summed E-state index contributed by atoms with van der Waals surface area (Å²) in [6.45, 7) is 2.37. The Morgan fingerprint density at radius 2 is 1.79 bits per heavy atom. The molecule has 2 aromatic heterocycles. The van der Waals surface area contributed by atoms with E-state index in [0.717, 1.165) is 59.3 Å². The molecular weight excluding hydrogens is 381 g/mol. The molecule has 1 aromatic carbocycles. The van der Waals surface area contributed by atoms with E-state index < -0.39 is 0 Å². The van der Waals surface area contributed by atoms with Crippen LogP contribution >= 0.6 is 12.4 Å². The monoisotopic (exact) mass is 403 g/mol. The average Bonchev–Trinajstić information content (AvgIpc) is 3.25. The van der Waals surface area contributed by atoms with Crippen LogP contribution < -0.4 is 0 Å². The van der Waals surface area contributed by atoms with E-state index >= 15 is 0 Å². The van der Waals surface area contributed by atoms with E-state index in [0.29, 0.717) is 17.7 Å². The molecule has 0 radical (unpaired) electrons. The SMILES string of the molecule is Cc1cc(C2CCC(c3nnc4n3-c3ccccc3CN(F)C4)CC2)no1.Cl. The normalized spacial score (nSPS) is 22.1. The van der Waals surface area contributed by atoms with E-state index in [9.17, 15) is 4.48 Å². The van der Waals surface area contributed by atoms with Crippen molar-refractivity contribution < 1.29 is 9.00 Å². The first-order chi connectivity index (χ1) is 13.2. The lowest BCUT2D eigenvalue weighted by Crippen LogP contribution is -2.17. The topological polar surface area (TPSA) is 60.0 Å². The van der Waals surface area contributed by atoms with Gasteiger partial charge in [-0.05, 0) is 44.2 Å². The van der Waals surface area contributed by atoms with Gasteiger partial charge in [-0.25, -0.2) is 0 Å². The summed E-state index contributed by atoms with van der Waals surface area (Å²) < 4.78 is 21.6. The van der Waals surface area contributed by atoms with E-state index in [4.69, 9.17) is 4.52 Å². The summed E-state index contributed by atoms with van der Waals surface area (Å²) in [6, 6.07) is 10.00. The number of halogens is 2. The van der Waals surface area contributed by atoms with Crippen molar-refractivity contribution in [2.45, 2.75) is 57.5 Å². The molecule has 0 saturated heterocycles. The van der Waals surface area contributed by atoms with Crippen molar-refractivity contribution in [3.05, 3.63) is 59.0 Å². The quantitative estimate of drug-likeness (QED) is 0.584. The van der Waals surface area contributed by atoms with Crippen molar-refractivity contribution >= 4 is 12.4 Å². The van der Waals surface area contributed by atoms with Crippen molar-refractivity contribution in [2.75, 3.05) is 0 Å². The summed E-state index contributed by atoms with van der Waals surface area (Å²) in [7, 11) is 0. The Balaban J connectivity index is 0.00000192. The molecule has 3 heterocycles. The van der Waals surface area contributed by atoms with Crippen LogP contribution in [0.3, 0.4) is 0 Å². The highest BCUT2D eigenvalue weighted by Crippen LogP contribution is 2.41. The second-order valence-electron chi connectivity index (χ2n) is 7.63. The van der Waals surface area contributed by atoms with Gasteiger partial charge in [0.05, 0.1) is 24.5 Å². The molecule has 2 aliphatic rings. The van der Waals surface area contributed by atoms with Gasteiger partial charge in [-0.3, -0.25) is 4.57 Å². The molecule has 3 aromatic rings. The molecule has 1 saturated carbocycles. The van der Waals surface area contributed by atoms with E-state index in [1.807, 2.05) is 37.3 Å². The summed E-state index contributed by atoms with van der Waals surface area (Å²) in [6.07, 6.45) is 4.15. The summed E-state index contributed by atoms with van der Waals surface area (Å²) >= 11 is 0. The first kappa shape index (κ1) is 19.1. The molecule has 1 aliphatic carbocycles. The van der Waals surface area contributed by atoms with Crippen molar-refractivity contribution in [2.24, 2.45) is 0 Å². The fourth-order valence-electron chi connectivity index (χ4n) is 4.44. The van der Waals surface area contributed by atoms with Gasteiger partial charge in [-0.1, -0.05) is 23.4 Å². The maximum atomic E-state index is 14.2. The van der Waals surface area contributed by atoms with Crippen LogP contribution in [0.15, 0.2) is 34.9 Å². The Hall–Kier alpha value is -2.25. The number of aromatic nitrogens is 4. The van der Waals surface area contributed by atoms with Crippen LogP contribution in [0, 0.1) is 6.92 Å². The molecule has 0 unspecified atom stereocenters. The standard InChI is InChI=1S/C20H22FN5O.ClH/c1-13-10-17(24-27-13)14-6-8-15(9-7-14)20-23-22-19-12-25(21)11-16-4-2-3-5-18(16)26(19)20;/h2-5,10,14-15H,6-9,11-12H2,1H3;1H. The zero-order chi connectivity index (χ0) is 18.4. The number of hydrogen-bond donors (Lipinski definition) is 0. The summed E-state index contributed by atoms with van der Waals surface area (Å²) in [5.41, 5.74) is 3.03. The van der Waals surface area contributed by atoms with Gasteiger partial charge in [0.15, 0.2) is 5.82 Å². The number of para-hydroxylation sites is 1. The van der Waals surface area contributed by atoms with Gasteiger partial charge in [0.2, 0.25) is 0 Å². The molecule has 8 heteroatoms. The zero-order valence-electron chi connectivity index (χ0n) is 15.7. The van der Waals surface area contributed by atoms with Crippen molar-refractivity contribution in [1.29, 1.82) is 0 Å². The van der Waals surface area contributed by atoms with Crippen LogP contribution in [0.4, 0.5) is 4.48 Å². The van der Waals surface area contributed by atoms with E-state index in [1.54, 1.807) is 0 Å². The predicted molar refractivity (Wildman–Crippen MR) is 104 cm³/mol. The summed E-state index contributed by atoms with van der Waals surface area (Å²) in [5, 5.41) is 13.8. The lowest BCUT2D eigenvalue weighted by Gasteiger charge is -2.27. The molecule has 0 bridgehead atoms. The highest BCUT2D eigenvalue weighted by Gasteiger charge is 2.31. The minimum absolute atomic E-state index is 0. The van der Waals surface area contributed by atoms with Gasteiger partial charge in [0.25, 0.3) is 0 Å². The van der Waals surface area contributed by atoms with Gasteiger partial charge in [0.1, 0.15) is 11.6 Å². The second-order valence-corrected chi connectivity index (χ2v) is 7.63. The number of nitrogens with zero attached hydrogens (tertiary/aromatic N) is 5. The average molecular weight is 404 g/mol. The van der Waals surface area contributed by atoms with Gasteiger partial charge in [-0.2, -0.15) is 0 Å². The van der Waals surface area contributed by atoms with Crippen LogP contribution in [-0.4, -0.2) is 25.0 Å². The summed E-state index contributed by atoms with van der Waals surface area (Å²) in [5.74, 6) is 3.27. The Morgan fingerprint density at radius 1 is 1.04 bits per heavy atom. The first-order valence-corrected chi connectivity index (χ1v) is 9.55. The van der Waals surface area contributed by atoms with Crippen LogP contribution in [0.5, 0.6) is 0 Å². The predicted octanol–water partition coefficient (Wildman–Crippen LogP) is 4.63. The highest BCUT2D eigenvalue weighted by atomic mass is 35.5. The third-order valence-corrected chi connectivity index (χ3v) is 5.80. The largest absolute Gasteiger partial charge is 0.361 e. The molecule has 148 valence electrons. The van der Waals surface area contributed by atoms with Gasteiger partial charge >= 0.3 is 0 Å². The number of hydrogen-bond acceptors (Lipinski definition) is 5. The van der Waals surface area contributed by atoms with E-state index in [1.165, 1.54) is 0 Å². The van der Waals surface area contributed by atoms with Gasteiger partial charge < -0.3 is 4.52 Å². The highest BCUT2D eigenvalue weighted by molar-refractivity contribution is 5.85. The minimum atomic E-state index is 0. The van der Waals surface area contributed by atoms with Crippen LogP contribution in [0.25, 0.3) is 5.69 Å². The van der Waals surface area contributed by atoms with E-state index in [-0.39, 0.29) is 25.5 Å². The number of fused-ring (bicyclic) bond motifs is 3. The number of benzene rings is 1. The molecule has 1 aliphatic heterocycles. The molecule has 0 amide bonds. The third-order valence-electron chi connectivity index (χ3n) is 5.80. The summed E-state index contributed by atoms with van der Waals surface area (Å²) in [4.78, 5) is 0. The van der Waals surface area contributed by atoms with Crippen LogP contribution in [-0.2, 0) is 13.1 Å². The Morgan fingerprint density at radius 3 is 2.54 bits per heavy atom. The van der Waals surface area contributed by atoms with Gasteiger partial charge in [0, 0.05) is 17.9 Å². The fourth-order valence-corrected chi connectivity index (χ4v) is 4.44. The Labute approximate surface area is 169 Å². The molecule has 0 N–H and O–H groups in total. The lowest BCUT2D eigenvalue weighted by molar-refractivity contribution is 0.00518. The van der Waals surface area contributed by atoms with Crippen molar-refractivity contribution in [3.8, 4) is 5.69 Å². The number of rotatable bonds is 2. The zero-order valence-corrected chi connectivity index (χ0v) is 16.5. The third kappa shape index (κ3) is 3.33. The Bertz CT molecular complexity index is 963. The molecule has 0 spiro atoms. The van der Waals surface area contributed by atoms with E-state index in [2.05, 4.69) is 19.9 Å². The Kier molecular flexibility index (Phi) is 5.21. The molecule has 6 nitrogen and oxygen atoms in total. The molecule has 28 heavy (non-hydrogen) atoms.